The second kappa shape index (κ2) is 5.82. The van der Waals surface area contributed by atoms with E-state index in [9.17, 15) is 4.79 Å². The number of amides is 1. The summed E-state index contributed by atoms with van der Waals surface area (Å²) in [4.78, 5) is 14.2. The lowest BCUT2D eigenvalue weighted by atomic mass is 10.1. The van der Waals surface area contributed by atoms with Gasteiger partial charge in [0, 0.05) is 54.6 Å². The minimum Gasteiger partial charge on any atom is -0.336 e. The van der Waals surface area contributed by atoms with E-state index in [0.717, 1.165) is 38.2 Å². The van der Waals surface area contributed by atoms with Gasteiger partial charge in [-0.3, -0.25) is 4.79 Å². The van der Waals surface area contributed by atoms with Crippen LogP contribution in [0.5, 0.6) is 0 Å². The van der Waals surface area contributed by atoms with Gasteiger partial charge in [0.2, 0.25) is 0 Å². The summed E-state index contributed by atoms with van der Waals surface area (Å²) >= 11 is 2.31. The average Bonchev–Trinajstić information content (AvgIpc) is 2.39. The van der Waals surface area contributed by atoms with E-state index < -0.39 is 0 Å². The van der Waals surface area contributed by atoms with Crippen molar-refractivity contribution in [1.29, 1.82) is 0 Å². The van der Waals surface area contributed by atoms with E-state index in [1.54, 1.807) is 0 Å². The third-order valence-electron chi connectivity index (χ3n) is 3.09. The first-order valence-corrected chi connectivity index (χ1v) is 6.96. The summed E-state index contributed by atoms with van der Waals surface area (Å²) in [6.07, 6.45) is 0.975. The number of hydrogen-bond acceptors (Lipinski definition) is 2. The van der Waals surface area contributed by atoms with E-state index in [1.165, 1.54) is 5.56 Å². The molecule has 1 aliphatic heterocycles. The van der Waals surface area contributed by atoms with Gasteiger partial charge in [0.1, 0.15) is 0 Å². The van der Waals surface area contributed by atoms with Gasteiger partial charge in [-0.05, 0) is 24.1 Å². The van der Waals surface area contributed by atoms with E-state index in [2.05, 4.69) is 39.0 Å². The molecule has 1 heterocycles. The SMILES string of the molecule is CCc1cccc(C(=O)N2CCN(I)CC2)c1. The first kappa shape index (κ1) is 12.8. The van der Waals surface area contributed by atoms with Crippen LogP contribution in [0.25, 0.3) is 0 Å². The summed E-state index contributed by atoms with van der Waals surface area (Å²) in [6.45, 7) is 5.69. The van der Waals surface area contributed by atoms with Crippen LogP contribution in [0.2, 0.25) is 0 Å². The molecule has 4 heteroatoms. The van der Waals surface area contributed by atoms with Crippen molar-refractivity contribution in [3.8, 4) is 0 Å². The van der Waals surface area contributed by atoms with Crippen LogP contribution in [0.3, 0.4) is 0 Å². The number of rotatable bonds is 2. The van der Waals surface area contributed by atoms with Gasteiger partial charge in [0.05, 0.1) is 0 Å². The maximum Gasteiger partial charge on any atom is 0.253 e. The first-order valence-electron chi connectivity index (χ1n) is 5.99. The second-order valence-corrected chi connectivity index (χ2v) is 5.62. The zero-order valence-electron chi connectivity index (χ0n) is 10.0. The van der Waals surface area contributed by atoms with Crippen molar-refractivity contribution in [3.63, 3.8) is 0 Å². The Balaban J connectivity index is 2.08. The van der Waals surface area contributed by atoms with Crippen molar-refractivity contribution in [1.82, 2.24) is 8.01 Å². The zero-order valence-corrected chi connectivity index (χ0v) is 12.2. The Morgan fingerprint density at radius 3 is 2.65 bits per heavy atom. The van der Waals surface area contributed by atoms with Crippen LogP contribution in [-0.4, -0.2) is 40.1 Å². The molecule has 0 spiro atoms. The fourth-order valence-corrected chi connectivity index (χ4v) is 2.42. The summed E-state index contributed by atoms with van der Waals surface area (Å²) in [5.41, 5.74) is 2.05. The van der Waals surface area contributed by atoms with Gasteiger partial charge in [-0.25, -0.2) is 3.11 Å². The molecule has 3 nitrogen and oxygen atoms in total. The molecule has 0 radical (unpaired) electrons. The van der Waals surface area contributed by atoms with Crippen molar-refractivity contribution in [2.24, 2.45) is 0 Å². The third kappa shape index (κ3) is 3.19. The third-order valence-corrected chi connectivity index (χ3v) is 4.06. The van der Waals surface area contributed by atoms with Crippen molar-refractivity contribution in [2.75, 3.05) is 26.2 Å². The highest BCUT2D eigenvalue weighted by Gasteiger charge is 2.20. The van der Waals surface area contributed by atoms with Gasteiger partial charge in [-0.15, -0.1) is 0 Å². The van der Waals surface area contributed by atoms with Crippen LogP contribution in [0.1, 0.15) is 22.8 Å². The lowest BCUT2D eigenvalue weighted by molar-refractivity contribution is 0.0711. The molecule has 0 bridgehead atoms. The summed E-state index contributed by atoms with van der Waals surface area (Å²) in [7, 11) is 0. The number of halogens is 1. The standard InChI is InChI=1S/C13H17IN2O/c1-2-11-4-3-5-12(10-11)13(17)15-6-8-16(14)9-7-15/h3-5,10H,2,6-9H2,1H3. The van der Waals surface area contributed by atoms with Crippen LogP contribution in [0.4, 0.5) is 0 Å². The van der Waals surface area contributed by atoms with Crippen LogP contribution in [0, 0.1) is 0 Å². The number of nitrogens with zero attached hydrogens (tertiary/aromatic N) is 2. The number of carbonyl (C=O) groups is 1. The van der Waals surface area contributed by atoms with Gasteiger partial charge >= 0.3 is 0 Å². The molecule has 1 aliphatic rings. The van der Waals surface area contributed by atoms with Crippen molar-refractivity contribution >= 4 is 28.8 Å². The predicted molar refractivity (Wildman–Crippen MR) is 77.3 cm³/mol. The smallest absolute Gasteiger partial charge is 0.253 e. The number of hydrogen-bond donors (Lipinski definition) is 0. The molecule has 0 aliphatic carbocycles. The van der Waals surface area contributed by atoms with Crippen LogP contribution in [0.15, 0.2) is 24.3 Å². The largest absolute Gasteiger partial charge is 0.336 e. The van der Waals surface area contributed by atoms with E-state index in [-0.39, 0.29) is 5.91 Å². The van der Waals surface area contributed by atoms with Crippen molar-refractivity contribution in [2.45, 2.75) is 13.3 Å². The van der Waals surface area contributed by atoms with Gasteiger partial charge in [-0.2, -0.15) is 0 Å². The molecule has 0 saturated carbocycles. The average molecular weight is 344 g/mol. The lowest BCUT2D eigenvalue weighted by Crippen LogP contribution is -2.45. The van der Waals surface area contributed by atoms with Gasteiger partial charge in [-0.1, -0.05) is 19.1 Å². The number of aryl methyl sites for hydroxylation is 1. The Kier molecular flexibility index (Phi) is 4.39. The lowest BCUT2D eigenvalue weighted by Gasteiger charge is -2.31. The molecule has 1 aromatic rings. The molecule has 0 aromatic heterocycles. The van der Waals surface area contributed by atoms with Gasteiger partial charge < -0.3 is 4.90 Å². The molecular weight excluding hydrogens is 327 g/mol. The molecule has 0 N–H and O–H groups in total. The fourth-order valence-electron chi connectivity index (χ4n) is 1.99. The minimum atomic E-state index is 0.171. The zero-order chi connectivity index (χ0) is 12.3. The Bertz CT molecular complexity index is 400. The Morgan fingerprint density at radius 1 is 1.29 bits per heavy atom. The van der Waals surface area contributed by atoms with Crippen LogP contribution >= 0.6 is 22.9 Å². The fraction of sp³-hybridized carbons (Fsp3) is 0.462. The Morgan fingerprint density at radius 2 is 2.00 bits per heavy atom. The molecule has 0 atom stereocenters. The molecule has 92 valence electrons. The molecular formula is C13H17IN2O. The second-order valence-electron chi connectivity index (χ2n) is 4.26. The summed E-state index contributed by atoms with van der Waals surface area (Å²) in [6, 6.07) is 7.97. The minimum absolute atomic E-state index is 0.171. The summed E-state index contributed by atoms with van der Waals surface area (Å²) < 4.78 is 2.23. The predicted octanol–water partition coefficient (Wildman–Crippen LogP) is 2.36. The molecule has 1 amide bonds. The van der Waals surface area contributed by atoms with Crippen molar-refractivity contribution < 1.29 is 4.79 Å². The molecule has 1 aromatic carbocycles. The Labute approximate surface area is 116 Å². The molecule has 2 rings (SSSR count). The van der Waals surface area contributed by atoms with Crippen molar-refractivity contribution in [3.05, 3.63) is 35.4 Å². The molecule has 1 saturated heterocycles. The normalized spacial score (nSPS) is 17.2. The van der Waals surface area contributed by atoms with Crippen LogP contribution in [-0.2, 0) is 6.42 Å². The first-order chi connectivity index (χ1) is 8.20. The maximum absolute atomic E-state index is 12.3. The van der Waals surface area contributed by atoms with E-state index >= 15 is 0 Å². The maximum atomic E-state index is 12.3. The topological polar surface area (TPSA) is 23.6 Å². The number of benzene rings is 1. The Hall–Kier alpha value is -0.620. The highest BCUT2D eigenvalue weighted by molar-refractivity contribution is 14.1. The monoisotopic (exact) mass is 344 g/mol. The molecule has 17 heavy (non-hydrogen) atoms. The summed E-state index contributed by atoms with van der Waals surface area (Å²) in [5, 5.41) is 0. The van der Waals surface area contributed by atoms with Gasteiger partial charge in [0.15, 0.2) is 0 Å². The van der Waals surface area contributed by atoms with E-state index in [4.69, 9.17) is 0 Å². The quantitative estimate of drug-likeness (QED) is 0.608. The molecule has 1 fully saturated rings. The number of carbonyl (C=O) groups excluding carboxylic acids is 1. The highest BCUT2D eigenvalue weighted by atomic mass is 127. The molecule has 0 unspecified atom stereocenters. The van der Waals surface area contributed by atoms with Gasteiger partial charge in [0.25, 0.3) is 5.91 Å². The summed E-state index contributed by atoms with van der Waals surface area (Å²) in [5.74, 6) is 0.171. The van der Waals surface area contributed by atoms with Crippen LogP contribution < -0.4 is 0 Å². The van der Waals surface area contributed by atoms with E-state index in [1.807, 2.05) is 23.1 Å². The van der Waals surface area contributed by atoms with E-state index in [0.29, 0.717) is 0 Å². The number of piperazine rings is 1. The highest BCUT2D eigenvalue weighted by Crippen LogP contribution is 2.12.